The summed E-state index contributed by atoms with van der Waals surface area (Å²) in [5.74, 6) is 0. The van der Waals surface area contributed by atoms with E-state index in [0.29, 0.717) is 0 Å². The molecule has 0 bridgehead atoms. The molecule has 0 aliphatic heterocycles. The molecule has 0 aliphatic rings. The van der Waals surface area contributed by atoms with Crippen molar-refractivity contribution in [2.45, 2.75) is 96.5 Å². The molecule has 0 spiro atoms. The van der Waals surface area contributed by atoms with Crippen LogP contribution in [0.1, 0.15) is 90.4 Å². The van der Waals surface area contributed by atoms with Crippen LogP contribution in [0.25, 0.3) is 0 Å². The molecule has 0 saturated heterocycles. The Kier molecular flexibility index (Phi) is 23.6. The zero-order valence-corrected chi connectivity index (χ0v) is 15.1. The van der Waals surface area contributed by atoms with Gasteiger partial charge >= 0.3 is 8.60 Å². The molecule has 5 nitrogen and oxygen atoms in total. The minimum absolute atomic E-state index is 0.0853. The fraction of sp³-hybridized carbons (Fsp3) is 1.00. The van der Waals surface area contributed by atoms with Gasteiger partial charge < -0.3 is 24.9 Å². The van der Waals surface area contributed by atoms with Crippen LogP contribution < -0.4 is 0 Å². The van der Waals surface area contributed by atoms with Gasteiger partial charge in [-0.15, -0.1) is 0 Å². The number of rotatable bonds is 14. The maximum absolute atomic E-state index is 9.17. The Morgan fingerprint density at radius 3 is 1.32 bits per heavy atom. The second-order valence-corrected chi connectivity index (χ2v) is 6.32. The SMILES string of the molecule is CCCCCCCCCCCCCCC(O)CO.OP(O)O. The third kappa shape index (κ3) is 28.4. The van der Waals surface area contributed by atoms with E-state index in [4.69, 9.17) is 24.9 Å². The molecule has 0 saturated carbocycles. The van der Waals surface area contributed by atoms with Gasteiger partial charge in [-0.3, -0.25) is 0 Å². The normalized spacial score (nSPS) is 12.1. The van der Waals surface area contributed by atoms with Crippen molar-refractivity contribution >= 4 is 8.60 Å². The lowest BCUT2D eigenvalue weighted by Crippen LogP contribution is -2.10. The quantitative estimate of drug-likeness (QED) is 0.246. The fourth-order valence-electron chi connectivity index (χ4n) is 2.31. The molecule has 22 heavy (non-hydrogen) atoms. The summed E-state index contributed by atoms with van der Waals surface area (Å²) >= 11 is 0. The lowest BCUT2D eigenvalue weighted by atomic mass is 10.0. The monoisotopic (exact) mass is 340 g/mol. The molecule has 0 aromatic heterocycles. The van der Waals surface area contributed by atoms with E-state index >= 15 is 0 Å². The van der Waals surface area contributed by atoms with Crippen molar-refractivity contribution in [1.29, 1.82) is 0 Å². The van der Waals surface area contributed by atoms with Crippen molar-refractivity contribution in [2.24, 2.45) is 0 Å². The highest BCUT2D eigenvalue weighted by Gasteiger charge is 2.00. The molecule has 0 aromatic carbocycles. The molecule has 0 amide bonds. The van der Waals surface area contributed by atoms with Crippen LogP contribution in [0.3, 0.4) is 0 Å². The van der Waals surface area contributed by atoms with Crippen molar-refractivity contribution < 1.29 is 24.9 Å². The molecular weight excluding hydrogens is 303 g/mol. The van der Waals surface area contributed by atoms with Crippen LogP contribution >= 0.6 is 8.60 Å². The van der Waals surface area contributed by atoms with Crippen molar-refractivity contribution in [1.82, 2.24) is 0 Å². The molecule has 0 radical (unpaired) electrons. The van der Waals surface area contributed by atoms with Gasteiger partial charge in [0.05, 0.1) is 12.7 Å². The van der Waals surface area contributed by atoms with Crippen molar-refractivity contribution in [2.75, 3.05) is 6.61 Å². The summed E-state index contributed by atoms with van der Waals surface area (Å²) in [6, 6.07) is 0. The van der Waals surface area contributed by atoms with Crippen LogP contribution in [0, 0.1) is 0 Å². The molecule has 1 unspecified atom stereocenters. The maximum atomic E-state index is 9.17. The Hall–Kier alpha value is 0.230. The third-order valence-corrected chi connectivity index (χ3v) is 3.60. The topological polar surface area (TPSA) is 101 Å². The first-order valence-corrected chi connectivity index (χ1v) is 9.90. The average Bonchev–Trinajstić information content (AvgIpc) is 2.47. The minimum Gasteiger partial charge on any atom is -0.394 e. The lowest BCUT2D eigenvalue weighted by molar-refractivity contribution is 0.0860. The van der Waals surface area contributed by atoms with Crippen molar-refractivity contribution in [3.8, 4) is 0 Å². The molecule has 0 heterocycles. The van der Waals surface area contributed by atoms with E-state index in [1.807, 2.05) is 0 Å². The number of unbranched alkanes of at least 4 members (excludes halogenated alkanes) is 11. The first-order valence-electron chi connectivity index (χ1n) is 8.70. The Morgan fingerprint density at radius 1 is 0.682 bits per heavy atom. The fourth-order valence-corrected chi connectivity index (χ4v) is 2.31. The highest BCUT2D eigenvalue weighted by atomic mass is 31.2. The Bertz CT molecular complexity index is 191. The summed E-state index contributed by atoms with van der Waals surface area (Å²) in [5, 5.41) is 17.8. The Morgan fingerprint density at radius 2 is 1.00 bits per heavy atom. The standard InChI is InChI=1S/C16H34O2.H3O3P/c1-2-3-4-5-6-7-8-9-10-11-12-13-14-16(18)15-17;1-4(2)3/h16-18H,2-15H2,1H3;1-3H. The maximum Gasteiger partial charge on any atom is 0.324 e. The van der Waals surface area contributed by atoms with Gasteiger partial charge in [0, 0.05) is 0 Å². The van der Waals surface area contributed by atoms with Crippen molar-refractivity contribution in [3.63, 3.8) is 0 Å². The van der Waals surface area contributed by atoms with Crippen LogP contribution in [0.2, 0.25) is 0 Å². The first kappa shape index (κ1) is 24.5. The van der Waals surface area contributed by atoms with E-state index in [2.05, 4.69) is 6.92 Å². The third-order valence-electron chi connectivity index (χ3n) is 3.60. The highest BCUT2D eigenvalue weighted by Crippen LogP contribution is 2.13. The summed E-state index contributed by atoms with van der Waals surface area (Å²) < 4.78 is 0. The number of aliphatic hydroxyl groups excluding tert-OH is 2. The largest absolute Gasteiger partial charge is 0.394 e. The van der Waals surface area contributed by atoms with Crippen LogP contribution in [-0.4, -0.2) is 37.6 Å². The van der Waals surface area contributed by atoms with Gasteiger partial charge in [0.15, 0.2) is 0 Å². The second kappa shape index (κ2) is 21.2. The lowest BCUT2D eigenvalue weighted by Gasteiger charge is -2.06. The minimum atomic E-state index is -2.62. The van der Waals surface area contributed by atoms with Gasteiger partial charge in [-0.1, -0.05) is 84.0 Å². The summed E-state index contributed by atoms with van der Waals surface area (Å²) in [5.41, 5.74) is 0. The smallest absolute Gasteiger partial charge is 0.324 e. The summed E-state index contributed by atoms with van der Waals surface area (Å²) in [7, 11) is -2.62. The molecule has 5 N–H and O–H groups in total. The predicted molar refractivity (Wildman–Crippen MR) is 92.4 cm³/mol. The van der Waals surface area contributed by atoms with Gasteiger partial charge in [0.25, 0.3) is 0 Å². The van der Waals surface area contributed by atoms with Crippen LogP contribution in [0.4, 0.5) is 0 Å². The predicted octanol–water partition coefficient (Wildman–Crippen LogP) is 3.62. The molecule has 0 rings (SSSR count). The van der Waals surface area contributed by atoms with E-state index in [9.17, 15) is 0 Å². The van der Waals surface area contributed by atoms with Gasteiger partial charge in [-0.05, 0) is 6.42 Å². The molecule has 0 aromatic rings. The summed E-state index contributed by atoms with van der Waals surface area (Å²) in [6.07, 6.45) is 16.3. The molecule has 6 heteroatoms. The molecular formula is C16H37O5P. The average molecular weight is 340 g/mol. The molecule has 136 valence electrons. The van der Waals surface area contributed by atoms with Crippen LogP contribution in [-0.2, 0) is 0 Å². The van der Waals surface area contributed by atoms with E-state index in [1.54, 1.807) is 0 Å². The van der Waals surface area contributed by atoms with Crippen molar-refractivity contribution in [3.05, 3.63) is 0 Å². The highest BCUT2D eigenvalue weighted by molar-refractivity contribution is 7.38. The number of hydrogen-bond donors (Lipinski definition) is 5. The number of aliphatic hydroxyl groups is 2. The second-order valence-electron chi connectivity index (χ2n) is 5.78. The van der Waals surface area contributed by atoms with E-state index in [-0.39, 0.29) is 6.61 Å². The Labute approximate surface area is 137 Å². The number of hydrogen-bond acceptors (Lipinski definition) is 5. The van der Waals surface area contributed by atoms with Crippen LogP contribution in [0.15, 0.2) is 0 Å². The van der Waals surface area contributed by atoms with Gasteiger partial charge in [0.2, 0.25) is 0 Å². The van der Waals surface area contributed by atoms with Gasteiger partial charge in [0.1, 0.15) is 0 Å². The van der Waals surface area contributed by atoms with Gasteiger partial charge in [-0.25, -0.2) is 0 Å². The zero-order chi connectivity index (χ0) is 17.1. The molecule has 0 fully saturated rings. The molecule has 0 aliphatic carbocycles. The van der Waals surface area contributed by atoms with E-state index in [1.165, 1.54) is 70.6 Å². The Balaban J connectivity index is 0. The van der Waals surface area contributed by atoms with Crippen LogP contribution in [0.5, 0.6) is 0 Å². The van der Waals surface area contributed by atoms with E-state index in [0.717, 1.165) is 12.8 Å². The van der Waals surface area contributed by atoms with Gasteiger partial charge in [-0.2, -0.15) is 0 Å². The first-order chi connectivity index (χ1) is 10.5. The summed E-state index contributed by atoms with van der Waals surface area (Å²) in [4.78, 5) is 21.7. The van der Waals surface area contributed by atoms with E-state index < -0.39 is 14.7 Å². The summed E-state index contributed by atoms with van der Waals surface area (Å²) in [6.45, 7) is 2.18. The zero-order valence-electron chi connectivity index (χ0n) is 14.2. The molecule has 1 atom stereocenters.